The van der Waals surface area contributed by atoms with Crippen molar-refractivity contribution in [3.8, 4) is 5.88 Å². The number of aryl methyl sites for hydroxylation is 1. The van der Waals surface area contributed by atoms with Crippen LogP contribution in [0.2, 0.25) is 5.28 Å². The Balaban J connectivity index is 2.08. The van der Waals surface area contributed by atoms with Crippen molar-refractivity contribution in [2.75, 3.05) is 26.2 Å². The predicted molar refractivity (Wildman–Crippen MR) is 78.5 cm³/mol. The lowest BCUT2D eigenvalue weighted by atomic mass is 10.3. The van der Waals surface area contributed by atoms with Crippen LogP contribution >= 0.6 is 11.6 Å². The highest BCUT2D eigenvalue weighted by molar-refractivity contribution is 6.28. The van der Waals surface area contributed by atoms with E-state index in [0.717, 1.165) is 18.6 Å². The van der Waals surface area contributed by atoms with Crippen molar-refractivity contribution in [3.63, 3.8) is 0 Å². The number of quaternary nitrogens is 1. The van der Waals surface area contributed by atoms with Gasteiger partial charge in [0.2, 0.25) is 11.6 Å². The van der Waals surface area contributed by atoms with Crippen molar-refractivity contribution < 1.29 is 19.3 Å². The van der Waals surface area contributed by atoms with E-state index in [9.17, 15) is 5.11 Å². The van der Waals surface area contributed by atoms with Crippen LogP contribution in [0.15, 0.2) is 6.33 Å². The van der Waals surface area contributed by atoms with E-state index in [1.807, 2.05) is 11.6 Å². The van der Waals surface area contributed by atoms with Crippen molar-refractivity contribution in [3.05, 3.63) is 11.6 Å². The summed E-state index contributed by atoms with van der Waals surface area (Å²) in [6, 6.07) is 0. The van der Waals surface area contributed by atoms with E-state index in [1.165, 1.54) is 4.90 Å². The van der Waals surface area contributed by atoms with E-state index < -0.39 is 6.10 Å². The molecule has 7 nitrogen and oxygen atoms in total. The third kappa shape index (κ3) is 3.81. The molecule has 1 atom stereocenters. The minimum Gasteiger partial charge on any atom is -0.471 e. The molecule has 0 saturated carbocycles. The van der Waals surface area contributed by atoms with E-state index in [0.29, 0.717) is 18.1 Å². The van der Waals surface area contributed by atoms with Gasteiger partial charge in [0.15, 0.2) is 0 Å². The second kappa shape index (κ2) is 7.02. The van der Waals surface area contributed by atoms with Crippen LogP contribution in [-0.2, 0) is 7.05 Å². The van der Waals surface area contributed by atoms with Crippen LogP contribution in [0.25, 0.3) is 11.2 Å². The SMILES string of the molecule is CC[NH+](CC)C[C@@H](O)COc1nc(Cl)nc2[nH]c[n+](C)c12. The number of hydrogen-bond donors (Lipinski definition) is 3. The van der Waals surface area contributed by atoms with Gasteiger partial charge >= 0.3 is 0 Å². The molecule has 2 rings (SSSR count). The molecule has 0 fully saturated rings. The molecule has 0 aromatic carbocycles. The molecule has 0 unspecified atom stereocenters. The monoisotopic (exact) mass is 315 g/mol. The molecule has 2 aromatic heterocycles. The first-order valence-electron chi connectivity index (χ1n) is 7.09. The van der Waals surface area contributed by atoms with Crippen LogP contribution in [0, 0.1) is 0 Å². The van der Waals surface area contributed by atoms with Crippen LogP contribution in [0.5, 0.6) is 5.88 Å². The number of ether oxygens (including phenoxy) is 1. The number of hydrogen-bond acceptors (Lipinski definition) is 4. The highest BCUT2D eigenvalue weighted by Gasteiger charge is 2.20. The molecule has 0 aliphatic heterocycles. The number of fused-ring (bicyclic) bond motifs is 1. The number of nitrogens with one attached hydrogen (secondary N) is 2. The maximum atomic E-state index is 10.1. The zero-order chi connectivity index (χ0) is 15.4. The van der Waals surface area contributed by atoms with Crippen molar-refractivity contribution in [2.24, 2.45) is 7.05 Å². The third-order valence-corrected chi connectivity index (χ3v) is 3.68. The quantitative estimate of drug-likeness (QED) is 0.457. The van der Waals surface area contributed by atoms with Crippen LogP contribution in [0.3, 0.4) is 0 Å². The van der Waals surface area contributed by atoms with Crippen molar-refractivity contribution >= 4 is 22.8 Å². The number of imidazole rings is 1. The average molecular weight is 316 g/mol. The van der Waals surface area contributed by atoms with Gasteiger partial charge in [-0.25, -0.2) is 9.55 Å². The van der Waals surface area contributed by atoms with Gasteiger partial charge in [-0.3, -0.25) is 0 Å². The Labute approximate surface area is 128 Å². The highest BCUT2D eigenvalue weighted by Crippen LogP contribution is 2.19. The molecule has 0 radical (unpaired) electrons. The molecular formula is C13H22ClN5O2+2. The summed E-state index contributed by atoms with van der Waals surface area (Å²) >= 11 is 5.88. The van der Waals surface area contributed by atoms with Gasteiger partial charge in [0, 0.05) is 0 Å². The number of rotatable bonds is 7. The van der Waals surface area contributed by atoms with Gasteiger partial charge in [-0.05, 0) is 25.4 Å². The number of halogens is 1. The second-order valence-electron chi connectivity index (χ2n) is 5.01. The highest BCUT2D eigenvalue weighted by atomic mass is 35.5. The smallest absolute Gasteiger partial charge is 0.274 e. The number of aliphatic hydroxyl groups excluding tert-OH is 1. The molecule has 0 amide bonds. The molecule has 21 heavy (non-hydrogen) atoms. The van der Waals surface area contributed by atoms with Crippen molar-refractivity contribution in [1.82, 2.24) is 15.0 Å². The normalized spacial score (nSPS) is 13.0. The fraction of sp³-hybridized carbons (Fsp3) is 0.615. The lowest BCUT2D eigenvalue weighted by Crippen LogP contribution is -3.12. The summed E-state index contributed by atoms with van der Waals surface area (Å²) in [7, 11) is 1.86. The molecule has 8 heteroatoms. The molecular weight excluding hydrogens is 294 g/mol. The summed E-state index contributed by atoms with van der Waals surface area (Å²) in [5, 5.41) is 10.2. The predicted octanol–water partition coefficient (Wildman–Crippen LogP) is -0.900. The largest absolute Gasteiger partial charge is 0.471 e. The van der Waals surface area contributed by atoms with Gasteiger partial charge in [0.05, 0.1) is 20.1 Å². The maximum Gasteiger partial charge on any atom is 0.274 e. The Morgan fingerprint density at radius 3 is 2.81 bits per heavy atom. The topological polar surface area (TPSA) is 79.3 Å². The standard InChI is InChI=1S/C13H20ClN5O2/c1-4-19(5-2)6-9(20)7-21-12-10-11(15-8-18(10)3)16-13(14)17-12/h8-9,20H,4-7H2,1-3H3/p+2/t9-/m1/s1. The average Bonchev–Trinajstić information content (AvgIpc) is 2.83. The van der Waals surface area contributed by atoms with E-state index in [4.69, 9.17) is 16.3 Å². The third-order valence-electron chi connectivity index (χ3n) is 3.51. The van der Waals surface area contributed by atoms with E-state index in [1.54, 1.807) is 6.33 Å². The molecule has 0 aliphatic carbocycles. The molecule has 0 aliphatic rings. The Bertz CT molecular complexity index is 600. The van der Waals surface area contributed by atoms with Crippen LogP contribution in [0.1, 0.15) is 13.8 Å². The van der Waals surface area contributed by atoms with E-state index >= 15 is 0 Å². The van der Waals surface area contributed by atoms with Gasteiger partial charge < -0.3 is 14.7 Å². The molecule has 2 heterocycles. The Morgan fingerprint density at radius 2 is 2.14 bits per heavy atom. The molecule has 2 aromatic rings. The van der Waals surface area contributed by atoms with E-state index in [2.05, 4.69) is 28.8 Å². The number of aliphatic hydroxyl groups is 1. The molecule has 3 N–H and O–H groups in total. The number of nitrogens with zero attached hydrogens (tertiary/aromatic N) is 3. The Hall–Kier alpha value is -1.44. The fourth-order valence-electron chi connectivity index (χ4n) is 2.26. The van der Waals surface area contributed by atoms with Gasteiger partial charge in [0.25, 0.3) is 17.0 Å². The van der Waals surface area contributed by atoms with Gasteiger partial charge in [-0.2, -0.15) is 9.97 Å². The first kappa shape index (κ1) is 15.9. The minimum atomic E-state index is -0.548. The summed E-state index contributed by atoms with van der Waals surface area (Å²) in [5.74, 6) is 0.377. The van der Waals surface area contributed by atoms with E-state index in [-0.39, 0.29) is 11.9 Å². The number of aromatic amines is 1. The summed E-state index contributed by atoms with van der Waals surface area (Å²) < 4.78 is 7.47. The van der Waals surface area contributed by atoms with Crippen LogP contribution < -0.4 is 14.2 Å². The summed E-state index contributed by atoms with van der Waals surface area (Å²) in [5.41, 5.74) is 1.33. The summed E-state index contributed by atoms with van der Waals surface area (Å²) in [6.07, 6.45) is 1.20. The van der Waals surface area contributed by atoms with Gasteiger partial charge in [0.1, 0.15) is 19.3 Å². The van der Waals surface area contributed by atoms with Crippen LogP contribution in [-0.4, -0.2) is 52.4 Å². The summed E-state index contributed by atoms with van der Waals surface area (Å²) in [6.45, 7) is 6.97. The fourth-order valence-corrected chi connectivity index (χ4v) is 2.42. The molecule has 0 spiro atoms. The van der Waals surface area contributed by atoms with Gasteiger partial charge in [-0.15, -0.1) is 0 Å². The first-order chi connectivity index (χ1) is 10.0. The number of H-pyrrole nitrogens is 1. The second-order valence-corrected chi connectivity index (χ2v) is 5.34. The molecule has 0 bridgehead atoms. The van der Waals surface area contributed by atoms with Crippen molar-refractivity contribution in [2.45, 2.75) is 20.0 Å². The lowest BCUT2D eigenvalue weighted by molar-refractivity contribution is -0.899. The first-order valence-corrected chi connectivity index (χ1v) is 7.47. The molecule has 116 valence electrons. The van der Waals surface area contributed by atoms with Crippen LogP contribution in [0.4, 0.5) is 0 Å². The Morgan fingerprint density at radius 1 is 1.43 bits per heavy atom. The number of aromatic nitrogens is 4. The minimum absolute atomic E-state index is 0.115. The zero-order valence-corrected chi connectivity index (χ0v) is 13.3. The Kier molecular flexibility index (Phi) is 5.33. The maximum absolute atomic E-state index is 10.1. The van der Waals surface area contributed by atoms with Crippen molar-refractivity contribution in [1.29, 1.82) is 0 Å². The summed E-state index contributed by atoms with van der Waals surface area (Å²) in [4.78, 5) is 12.5. The molecule has 0 saturated heterocycles. The van der Waals surface area contributed by atoms with Gasteiger partial charge in [-0.1, -0.05) is 0 Å². The number of likely N-dealkylation sites (N-methyl/N-ethyl adjacent to an activating group) is 1. The lowest BCUT2D eigenvalue weighted by Gasteiger charge is -2.19. The zero-order valence-electron chi connectivity index (χ0n) is 12.6.